The lowest BCUT2D eigenvalue weighted by Crippen LogP contribution is -2.42. The summed E-state index contributed by atoms with van der Waals surface area (Å²) < 4.78 is 29.7. The van der Waals surface area contributed by atoms with Crippen LogP contribution in [0.25, 0.3) is 0 Å². The van der Waals surface area contributed by atoms with Crippen molar-refractivity contribution in [3.05, 3.63) is 23.8 Å². The number of carbonyl (C=O) groups excluding carboxylic acids is 3. The monoisotopic (exact) mass is 397 g/mol. The fraction of sp³-hybridized carbons (Fsp3) is 0.500. The first-order valence-electron chi connectivity index (χ1n) is 8.53. The first kappa shape index (κ1) is 21.3. The van der Waals surface area contributed by atoms with Crippen molar-refractivity contribution in [2.45, 2.75) is 26.2 Å². The van der Waals surface area contributed by atoms with Crippen LogP contribution in [0.5, 0.6) is 11.5 Å². The van der Waals surface area contributed by atoms with Crippen LogP contribution in [0.4, 0.5) is 9.59 Å². The standard InChI is InChI=1S/C18H23NO9/c1-11(16(20)13-5-6-14-15(9-13)26-10-25-14)19(3)17(21)27-12(2)28-18(22)24-8-7-23-4/h5-6,9,11-12H,7-8,10H2,1-4H3. The fourth-order valence-electron chi connectivity index (χ4n) is 2.25. The molecule has 0 saturated carbocycles. The Morgan fingerprint density at radius 3 is 2.54 bits per heavy atom. The molecule has 10 heteroatoms. The Hall–Kier alpha value is -3.01. The highest BCUT2D eigenvalue weighted by Gasteiger charge is 2.28. The Labute approximate surface area is 162 Å². The summed E-state index contributed by atoms with van der Waals surface area (Å²) in [5.41, 5.74) is 0.363. The number of carbonyl (C=O) groups is 3. The maximum absolute atomic E-state index is 12.6. The summed E-state index contributed by atoms with van der Waals surface area (Å²) in [7, 11) is 2.86. The first-order valence-corrected chi connectivity index (χ1v) is 8.53. The molecule has 0 aromatic heterocycles. The summed E-state index contributed by atoms with van der Waals surface area (Å²) in [5.74, 6) is 0.711. The Bertz CT molecular complexity index is 721. The van der Waals surface area contributed by atoms with Crippen molar-refractivity contribution in [1.82, 2.24) is 4.90 Å². The second-order valence-electron chi connectivity index (χ2n) is 5.88. The van der Waals surface area contributed by atoms with Crippen LogP contribution in [-0.4, -0.2) is 69.4 Å². The number of fused-ring (bicyclic) bond motifs is 1. The summed E-state index contributed by atoms with van der Waals surface area (Å²) in [6.07, 6.45) is -3.03. The minimum atomic E-state index is -1.20. The van der Waals surface area contributed by atoms with Crippen LogP contribution in [-0.2, 0) is 18.9 Å². The van der Waals surface area contributed by atoms with Crippen LogP contribution in [0, 0.1) is 0 Å². The molecule has 1 aromatic carbocycles. The van der Waals surface area contributed by atoms with Crippen LogP contribution in [0.2, 0.25) is 0 Å². The number of rotatable bonds is 8. The zero-order chi connectivity index (χ0) is 20.7. The highest BCUT2D eigenvalue weighted by Crippen LogP contribution is 2.33. The second kappa shape index (κ2) is 9.79. The molecule has 0 aliphatic carbocycles. The van der Waals surface area contributed by atoms with Crippen molar-refractivity contribution >= 4 is 18.0 Å². The van der Waals surface area contributed by atoms with Crippen LogP contribution < -0.4 is 9.47 Å². The zero-order valence-electron chi connectivity index (χ0n) is 16.1. The minimum Gasteiger partial charge on any atom is -0.454 e. The molecule has 1 aromatic rings. The minimum absolute atomic E-state index is 0.0109. The van der Waals surface area contributed by atoms with Crippen molar-refractivity contribution < 1.29 is 42.8 Å². The third-order valence-corrected chi connectivity index (χ3v) is 3.94. The lowest BCUT2D eigenvalue weighted by Gasteiger charge is -2.25. The topological polar surface area (TPSA) is 110 Å². The molecule has 1 aliphatic heterocycles. The Morgan fingerprint density at radius 2 is 1.82 bits per heavy atom. The number of benzene rings is 1. The van der Waals surface area contributed by atoms with Gasteiger partial charge in [-0.3, -0.25) is 4.79 Å². The number of nitrogens with zero attached hydrogens (tertiary/aromatic N) is 1. The number of ether oxygens (including phenoxy) is 6. The maximum atomic E-state index is 12.6. The molecule has 0 radical (unpaired) electrons. The number of likely N-dealkylation sites (N-methyl/N-ethyl adjacent to an activating group) is 1. The average Bonchev–Trinajstić information content (AvgIpc) is 3.13. The smallest absolute Gasteiger partial charge is 0.454 e. The molecule has 1 amide bonds. The quantitative estimate of drug-likeness (QED) is 0.282. The number of hydrogen-bond acceptors (Lipinski definition) is 9. The van der Waals surface area contributed by atoms with E-state index in [2.05, 4.69) is 0 Å². The van der Waals surface area contributed by atoms with Gasteiger partial charge in [-0.15, -0.1) is 0 Å². The van der Waals surface area contributed by atoms with Gasteiger partial charge < -0.3 is 33.3 Å². The van der Waals surface area contributed by atoms with E-state index in [1.54, 1.807) is 25.1 Å². The summed E-state index contributed by atoms with van der Waals surface area (Å²) in [6.45, 7) is 3.23. The zero-order valence-corrected chi connectivity index (χ0v) is 16.1. The van der Waals surface area contributed by atoms with Crippen molar-refractivity contribution in [2.24, 2.45) is 0 Å². The van der Waals surface area contributed by atoms with E-state index in [9.17, 15) is 14.4 Å². The van der Waals surface area contributed by atoms with Crippen molar-refractivity contribution in [2.75, 3.05) is 34.2 Å². The van der Waals surface area contributed by atoms with E-state index in [1.807, 2.05) is 0 Å². The van der Waals surface area contributed by atoms with Gasteiger partial charge in [-0.25, -0.2) is 9.59 Å². The van der Waals surface area contributed by atoms with E-state index in [1.165, 1.54) is 21.1 Å². The third-order valence-electron chi connectivity index (χ3n) is 3.94. The van der Waals surface area contributed by atoms with E-state index >= 15 is 0 Å². The number of methoxy groups -OCH3 is 1. The molecule has 10 nitrogen and oxygen atoms in total. The highest BCUT2D eigenvalue weighted by molar-refractivity contribution is 6.01. The molecular weight excluding hydrogens is 374 g/mol. The first-order chi connectivity index (χ1) is 13.3. The summed E-state index contributed by atoms with van der Waals surface area (Å²) in [5, 5.41) is 0. The van der Waals surface area contributed by atoms with Crippen molar-refractivity contribution in [3.8, 4) is 11.5 Å². The van der Waals surface area contributed by atoms with Crippen LogP contribution in [0.15, 0.2) is 18.2 Å². The van der Waals surface area contributed by atoms with Gasteiger partial charge in [0.1, 0.15) is 6.61 Å². The molecule has 0 N–H and O–H groups in total. The maximum Gasteiger partial charge on any atom is 0.511 e. The normalized spacial score (nSPS) is 14.0. The largest absolute Gasteiger partial charge is 0.511 e. The van der Waals surface area contributed by atoms with E-state index in [4.69, 9.17) is 28.4 Å². The molecule has 154 valence electrons. The van der Waals surface area contributed by atoms with Gasteiger partial charge in [-0.05, 0) is 25.1 Å². The van der Waals surface area contributed by atoms with Gasteiger partial charge in [0, 0.05) is 26.6 Å². The number of Topliss-reactive ketones (excluding diaryl/α,β-unsaturated/α-hetero) is 1. The number of amides is 1. The molecule has 0 fully saturated rings. The average molecular weight is 397 g/mol. The predicted octanol–water partition coefficient (Wildman–Crippen LogP) is 2.20. The van der Waals surface area contributed by atoms with Gasteiger partial charge >= 0.3 is 12.2 Å². The molecule has 2 rings (SSSR count). The SMILES string of the molecule is COCCOC(=O)OC(C)OC(=O)N(C)C(C)C(=O)c1ccc2c(c1)OCO2. The fourth-order valence-corrected chi connectivity index (χ4v) is 2.25. The van der Waals surface area contributed by atoms with Crippen molar-refractivity contribution in [1.29, 1.82) is 0 Å². The van der Waals surface area contributed by atoms with E-state index < -0.39 is 24.6 Å². The lowest BCUT2D eigenvalue weighted by atomic mass is 10.0. The molecule has 0 bridgehead atoms. The Kier molecular flexibility index (Phi) is 7.44. The molecule has 0 saturated heterocycles. The molecule has 1 aliphatic rings. The van der Waals surface area contributed by atoms with Gasteiger partial charge in [0.25, 0.3) is 0 Å². The van der Waals surface area contributed by atoms with E-state index in [0.717, 1.165) is 4.90 Å². The van der Waals surface area contributed by atoms with Crippen LogP contribution >= 0.6 is 0 Å². The number of hydrogen-bond donors (Lipinski definition) is 0. The lowest BCUT2D eigenvalue weighted by molar-refractivity contribution is -0.0846. The molecule has 28 heavy (non-hydrogen) atoms. The van der Waals surface area contributed by atoms with Crippen LogP contribution in [0.3, 0.4) is 0 Å². The van der Waals surface area contributed by atoms with Gasteiger partial charge in [0.15, 0.2) is 17.3 Å². The molecule has 0 spiro atoms. The molecule has 1 heterocycles. The predicted molar refractivity (Wildman–Crippen MR) is 94.4 cm³/mol. The molecule has 2 atom stereocenters. The van der Waals surface area contributed by atoms with Crippen molar-refractivity contribution in [3.63, 3.8) is 0 Å². The van der Waals surface area contributed by atoms with E-state index in [0.29, 0.717) is 17.1 Å². The summed E-state index contributed by atoms with van der Waals surface area (Å²) in [6, 6.07) is 3.95. The molecule has 2 unspecified atom stereocenters. The number of ketones is 1. The van der Waals surface area contributed by atoms with Crippen LogP contribution in [0.1, 0.15) is 24.2 Å². The summed E-state index contributed by atoms with van der Waals surface area (Å²) >= 11 is 0. The second-order valence-corrected chi connectivity index (χ2v) is 5.88. The third kappa shape index (κ3) is 5.49. The van der Waals surface area contributed by atoms with Gasteiger partial charge in [-0.1, -0.05) is 0 Å². The van der Waals surface area contributed by atoms with Gasteiger partial charge in [-0.2, -0.15) is 0 Å². The Morgan fingerprint density at radius 1 is 1.11 bits per heavy atom. The Balaban J connectivity index is 1.87. The van der Waals surface area contributed by atoms with Gasteiger partial charge in [0.2, 0.25) is 13.1 Å². The highest BCUT2D eigenvalue weighted by atomic mass is 16.8. The molecular formula is C18H23NO9. The van der Waals surface area contributed by atoms with Gasteiger partial charge in [0.05, 0.1) is 12.6 Å². The van der Waals surface area contributed by atoms with E-state index in [-0.39, 0.29) is 25.8 Å². The summed E-state index contributed by atoms with van der Waals surface area (Å²) in [4.78, 5) is 37.4.